The van der Waals surface area contributed by atoms with E-state index in [-0.39, 0.29) is 17.9 Å². The summed E-state index contributed by atoms with van der Waals surface area (Å²) in [5.74, 6) is -0.269. The van der Waals surface area contributed by atoms with Crippen molar-refractivity contribution < 1.29 is 9.13 Å². The molecular weight excluding hydrogens is 245 g/mol. The van der Waals surface area contributed by atoms with Gasteiger partial charge in [0.2, 0.25) is 0 Å². The minimum Gasteiger partial charge on any atom is -0.480 e. The predicted octanol–water partition coefficient (Wildman–Crippen LogP) is 2.68. The van der Waals surface area contributed by atoms with Gasteiger partial charge in [0.25, 0.3) is 0 Å². The molecular formula is C14H14FN3O. The number of nitrogens with two attached hydrogens (primary N) is 1. The minimum atomic E-state index is -0.459. The number of benzene rings is 1. The van der Waals surface area contributed by atoms with Crippen LogP contribution in [0.1, 0.15) is 24.3 Å². The quantitative estimate of drug-likeness (QED) is 0.814. The lowest BCUT2D eigenvalue weighted by atomic mass is 10.0. The fourth-order valence-corrected chi connectivity index (χ4v) is 2.20. The predicted molar refractivity (Wildman–Crippen MR) is 72.0 cm³/mol. The van der Waals surface area contributed by atoms with Gasteiger partial charge in [0.1, 0.15) is 6.10 Å². The summed E-state index contributed by atoms with van der Waals surface area (Å²) < 4.78 is 19.6. The fourth-order valence-electron chi connectivity index (χ4n) is 2.20. The van der Waals surface area contributed by atoms with Crippen molar-refractivity contribution in [2.24, 2.45) is 4.99 Å². The molecule has 98 valence electrons. The largest absolute Gasteiger partial charge is 0.480 e. The Bertz CT molecular complexity index is 635. The molecule has 0 aliphatic carbocycles. The summed E-state index contributed by atoms with van der Waals surface area (Å²) in [6.45, 7) is 1.94. The van der Waals surface area contributed by atoms with Crippen molar-refractivity contribution in [3.8, 4) is 5.75 Å². The Morgan fingerprint density at radius 1 is 1.37 bits per heavy atom. The maximum absolute atomic E-state index is 13.8. The Morgan fingerprint density at radius 2 is 2.21 bits per heavy atom. The average molecular weight is 259 g/mol. The molecule has 2 atom stereocenters. The van der Waals surface area contributed by atoms with Gasteiger partial charge in [-0.3, -0.25) is 4.99 Å². The van der Waals surface area contributed by atoms with Crippen molar-refractivity contribution in [2.45, 2.75) is 19.1 Å². The molecule has 0 radical (unpaired) electrons. The van der Waals surface area contributed by atoms with Gasteiger partial charge in [0.05, 0.1) is 11.7 Å². The van der Waals surface area contributed by atoms with Gasteiger partial charge in [0, 0.05) is 29.7 Å². The van der Waals surface area contributed by atoms with Crippen LogP contribution in [0, 0.1) is 5.82 Å². The Hall–Kier alpha value is -2.30. The van der Waals surface area contributed by atoms with Gasteiger partial charge in [-0.25, -0.2) is 4.39 Å². The number of nitrogens with zero attached hydrogens (tertiary/aromatic N) is 1. The fraction of sp³-hybridized carbons (Fsp3) is 0.214. The van der Waals surface area contributed by atoms with Crippen LogP contribution in [0.15, 0.2) is 35.5 Å². The van der Waals surface area contributed by atoms with Crippen molar-refractivity contribution in [3.05, 3.63) is 47.5 Å². The lowest BCUT2D eigenvalue weighted by Crippen LogP contribution is -2.24. The third-order valence-corrected chi connectivity index (χ3v) is 3.21. The second-order valence-corrected chi connectivity index (χ2v) is 4.59. The molecule has 0 fully saturated rings. The molecule has 3 rings (SSSR count). The molecule has 4 nitrogen and oxygen atoms in total. The van der Waals surface area contributed by atoms with Gasteiger partial charge in [-0.2, -0.15) is 0 Å². The molecule has 1 aliphatic rings. The van der Waals surface area contributed by atoms with E-state index >= 15 is 0 Å². The first-order valence-corrected chi connectivity index (χ1v) is 6.07. The van der Waals surface area contributed by atoms with E-state index < -0.39 is 5.82 Å². The minimum absolute atomic E-state index is 0.0692. The highest BCUT2D eigenvalue weighted by atomic mass is 19.1. The first-order chi connectivity index (χ1) is 9.15. The molecule has 2 heterocycles. The smallest absolute Gasteiger partial charge is 0.167 e. The highest BCUT2D eigenvalue weighted by molar-refractivity contribution is 5.81. The summed E-state index contributed by atoms with van der Waals surface area (Å²) in [6, 6.07) is 6.27. The van der Waals surface area contributed by atoms with Gasteiger partial charge in [-0.05, 0) is 25.1 Å². The van der Waals surface area contributed by atoms with Gasteiger partial charge < -0.3 is 15.5 Å². The topological polar surface area (TPSA) is 63.4 Å². The van der Waals surface area contributed by atoms with Crippen LogP contribution >= 0.6 is 0 Å². The molecule has 0 amide bonds. The lowest BCUT2D eigenvalue weighted by Gasteiger charge is -2.25. The normalized spacial score (nSPS) is 21.2. The van der Waals surface area contributed by atoms with Crippen molar-refractivity contribution in [1.29, 1.82) is 0 Å². The number of ether oxygens (including phenoxy) is 1. The van der Waals surface area contributed by atoms with Crippen LogP contribution in [0.2, 0.25) is 0 Å². The van der Waals surface area contributed by atoms with Crippen molar-refractivity contribution in [3.63, 3.8) is 0 Å². The number of nitrogen functional groups attached to an aromatic ring is 1. The van der Waals surface area contributed by atoms with E-state index in [1.807, 2.05) is 19.2 Å². The van der Waals surface area contributed by atoms with Crippen molar-refractivity contribution >= 4 is 11.9 Å². The number of aromatic nitrogens is 1. The van der Waals surface area contributed by atoms with E-state index in [2.05, 4.69) is 9.98 Å². The number of hydrogen-bond donors (Lipinski definition) is 2. The zero-order valence-corrected chi connectivity index (χ0v) is 10.4. The number of halogens is 1. The molecule has 0 saturated heterocycles. The highest BCUT2D eigenvalue weighted by Gasteiger charge is 2.27. The number of anilines is 1. The van der Waals surface area contributed by atoms with Gasteiger partial charge in [-0.15, -0.1) is 0 Å². The number of rotatable bonds is 2. The molecule has 1 aliphatic heterocycles. The lowest BCUT2D eigenvalue weighted by molar-refractivity contribution is 0.172. The zero-order chi connectivity index (χ0) is 13.4. The molecule has 0 saturated carbocycles. The van der Waals surface area contributed by atoms with Crippen LogP contribution in [0.5, 0.6) is 5.75 Å². The van der Waals surface area contributed by atoms with Crippen LogP contribution in [0.25, 0.3) is 0 Å². The van der Waals surface area contributed by atoms with E-state index in [0.29, 0.717) is 5.69 Å². The Morgan fingerprint density at radius 3 is 3.00 bits per heavy atom. The molecule has 3 N–H and O–H groups in total. The summed E-state index contributed by atoms with van der Waals surface area (Å²) >= 11 is 0. The second-order valence-electron chi connectivity index (χ2n) is 4.59. The third-order valence-electron chi connectivity index (χ3n) is 3.21. The Labute approximate surface area is 110 Å². The standard InChI is InChI=1S/C14H14FN3O/c1-8-14(10-4-5-17-12(10)7-18-8)19-13-3-2-9(16)6-11(13)15/h2-8,14,17H,16H2,1H3. The van der Waals surface area contributed by atoms with E-state index in [1.54, 1.807) is 18.3 Å². The molecule has 2 unspecified atom stereocenters. The highest BCUT2D eigenvalue weighted by Crippen LogP contribution is 2.32. The average Bonchev–Trinajstić information content (AvgIpc) is 2.84. The maximum atomic E-state index is 13.8. The zero-order valence-electron chi connectivity index (χ0n) is 10.4. The van der Waals surface area contributed by atoms with Gasteiger partial charge in [0.15, 0.2) is 11.6 Å². The van der Waals surface area contributed by atoms with Crippen LogP contribution < -0.4 is 10.5 Å². The number of nitrogens with one attached hydrogen (secondary N) is 1. The summed E-state index contributed by atoms with van der Waals surface area (Å²) in [6.07, 6.45) is 3.30. The van der Waals surface area contributed by atoms with Crippen LogP contribution in [0.3, 0.4) is 0 Å². The number of aromatic amines is 1. The third kappa shape index (κ3) is 2.07. The number of aliphatic imine (C=N–C) groups is 1. The molecule has 0 spiro atoms. The summed E-state index contributed by atoms with van der Waals surface area (Å²) in [5, 5.41) is 0. The molecule has 1 aromatic heterocycles. The van der Waals surface area contributed by atoms with Crippen molar-refractivity contribution in [2.75, 3.05) is 5.73 Å². The number of fused-ring (bicyclic) bond motifs is 1. The summed E-state index contributed by atoms with van der Waals surface area (Å²) in [4.78, 5) is 7.41. The van der Waals surface area contributed by atoms with E-state index in [0.717, 1.165) is 11.3 Å². The first kappa shape index (κ1) is 11.8. The number of H-pyrrole nitrogens is 1. The van der Waals surface area contributed by atoms with Crippen molar-refractivity contribution in [1.82, 2.24) is 4.98 Å². The molecule has 1 aromatic carbocycles. The van der Waals surface area contributed by atoms with E-state index in [1.165, 1.54) is 6.07 Å². The maximum Gasteiger partial charge on any atom is 0.167 e. The van der Waals surface area contributed by atoms with E-state index in [4.69, 9.17) is 10.5 Å². The van der Waals surface area contributed by atoms with Crippen LogP contribution in [-0.4, -0.2) is 17.2 Å². The molecule has 0 bridgehead atoms. The Kier molecular flexibility index (Phi) is 2.74. The molecule has 5 heteroatoms. The van der Waals surface area contributed by atoms with Crippen LogP contribution in [-0.2, 0) is 0 Å². The SMILES string of the molecule is CC1N=Cc2[nH]ccc2C1Oc1ccc(N)cc1F. The number of hydrogen-bond acceptors (Lipinski definition) is 3. The first-order valence-electron chi connectivity index (χ1n) is 6.07. The summed E-state index contributed by atoms with van der Waals surface area (Å²) in [7, 11) is 0. The van der Waals surface area contributed by atoms with Gasteiger partial charge in [-0.1, -0.05) is 0 Å². The van der Waals surface area contributed by atoms with Gasteiger partial charge >= 0.3 is 0 Å². The Balaban J connectivity index is 1.93. The second kappa shape index (κ2) is 4.42. The van der Waals surface area contributed by atoms with Crippen LogP contribution in [0.4, 0.5) is 10.1 Å². The monoisotopic (exact) mass is 259 g/mol. The van der Waals surface area contributed by atoms with E-state index in [9.17, 15) is 4.39 Å². The molecule has 2 aromatic rings. The summed E-state index contributed by atoms with van der Waals surface area (Å²) in [5.41, 5.74) is 7.79. The molecule has 19 heavy (non-hydrogen) atoms.